The van der Waals surface area contributed by atoms with Crippen LogP contribution in [0.3, 0.4) is 0 Å². The van der Waals surface area contributed by atoms with Crippen LogP contribution < -0.4 is 0 Å². The van der Waals surface area contributed by atoms with Crippen molar-refractivity contribution in [1.82, 2.24) is 14.8 Å². The molecule has 0 spiro atoms. The van der Waals surface area contributed by atoms with Gasteiger partial charge in [-0.15, -0.1) is 0 Å². The van der Waals surface area contributed by atoms with Gasteiger partial charge in [-0.05, 0) is 6.07 Å². The molecule has 0 N–H and O–H groups in total. The van der Waals surface area contributed by atoms with Gasteiger partial charge in [-0.25, -0.2) is 9.67 Å². The highest BCUT2D eigenvalue weighted by Crippen LogP contribution is 2.13. The molecule has 0 radical (unpaired) electrons. The predicted molar refractivity (Wildman–Crippen MR) is 57.5 cm³/mol. The lowest BCUT2D eigenvalue weighted by Gasteiger charge is -2.02. The second-order valence-corrected chi connectivity index (χ2v) is 5.07. The second kappa shape index (κ2) is 4.68. The van der Waals surface area contributed by atoms with E-state index in [0.717, 1.165) is 11.8 Å². The molecule has 8 heteroatoms. The molecule has 2 aromatic rings. The van der Waals surface area contributed by atoms with Gasteiger partial charge in [0.2, 0.25) is 0 Å². The number of nitrogens with zero attached hydrogens (tertiary/aromatic N) is 3. The van der Waals surface area contributed by atoms with Gasteiger partial charge >= 0.3 is 0 Å². The van der Waals surface area contributed by atoms with E-state index >= 15 is 0 Å². The van der Waals surface area contributed by atoms with Gasteiger partial charge in [-0.2, -0.15) is 13.5 Å². The molecule has 7 nitrogen and oxygen atoms in total. The van der Waals surface area contributed by atoms with Crippen molar-refractivity contribution >= 4 is 10.1 Å². The average Bonchev–Trinajstić information content (AvgIpc) is 2.86. The van der Waals surface area contributed by atoms with Crippen molar-refractivity contribution in [3.63, 3.8) is 0 Å². The summed E-state index contributed by atoms with van der Waals surface area (Å²) in [5.74, 6) is 0.464. The van der Waals surface area contributed by atoms with E-state index in [4.69, 9.17) is 4.42 Å². The summed E-state index contributed by atoms with van der Waals surface area (Å²) in [7, 11) is -3.47. The lowest BCUT2D eigenvalue weighted by Crippen LogP contribution is -2.05. The first kappa shape index (κ1) is 11.8. The summed E-state index contributed by atoms with van der Waals surface area (Å²) in [4.78, 5) is 3.81. The Hall–Kier alpha value is -1.67. The Morgan fingerprint density at radius 1 is 1.53 bits per heavy atom. The van der Waals surface area contributed by atoms with E-state index in [1.165, 1.54) is 12.6 Å². The van der Waals surface area contributed by atoms with Crippen molar-refractivity contribution < 1.29 is 17.0 Å². The lowest BCUT2D eigenvalue weighted by molar-refractivity contribution is 0.275. The Labute approximate surface area is 98.2 Å². The Balaban J connectivity index is 2.07. The molecule has 0 bridgehead atoms. The molecular weight excluding hydrogens is 246 g/mol. The normalized spacial score (nSPS) is 11.8. The lowest BCUT2D eigenvalue weighted by atomic mass is 10.2. The highest BCUT2D eigenvalue weighted by molar-refractivity contribution is 7.85. The Kier molecular flexibility index (Phi) is 3.25. The van der Waals surface area contributed by atoms with Crippen LogP contribution in [0.5, 0.6) is 0 Å². The zero-order chi connectivity index (χ0) is 12.3. The summed E-state index contributed by atoms with van der Waals surface area (Å²) in [6, 6.07) is 1.74. The molecule has 0 fully saturated rings. The van der Waals surface area contributed by atoms with E-state index in [0.29, 0.717) is 12.3 Å². The summed E-state index contributed by atoms with van der Waals surface area (Å²) in [6.45, 7) is 0.342. The Bertz CT molecular complexity index is 573. The molecule has 2 heterocycles. The van der Waals surface area contributed by atoms with Crippen LogP contribution in [0.2, 0.25) is 0 Å². The zero-order valence-electron chi connectivity index (χ0n) is 9.11. The smallest absolute Gasteiger partial charge is 0.264 e. The maximum Gasteiger partial charge on any atom is 0.264 e. The first-order chi connectivity index (χ1) is 8.04. The monoisotopic (exact) mass is 257 g/mol. The number of hydrogen-bond donors (Lipinski definition) is 0. The van der Waals surface area contributed by atoms with Gasteiger partial charge in [0.25, 0.3) is 10.1 Å². The molecule has 0 aromatic carbocycles. The third kappa shape index (κ3) is 3.40. The second-order valence-electron chi connectivity index (χ2n) is 3.43. The maximum absolute atomic E-state index is 10.9. The molecule has 0 aliphatic rings. The van der Waals surface area contributed by atoms with E-state index in [2.05, 4.69) is 14.3 Å². The molecule has 2 aromatic heterocycles. The van der Waals surface area contributed by atoms with Crippen LogP contribution in [0.4, 0.5) is 0 Å². The largest absolute Gasteiger partial charge is 0.466 e. The van der Waals surface area contributed by atoms with E-state index in [1.807, 2.05) is 0 Å². The van der Waals surface area contributed by atoms with Gasteiger partial charge < -0.3 is 4.42 Å². The van der Waals surface area contributed by atoms with Gasteiger partial charge in [0.1, 0.15) is 25.0 Å². The SMILES string of the molecule is CS(=O)(=O)OCc1occc1Cn1cncn1. The quantitative estimate of drug-likeness (QED) is 0.720. The topological polar surface area (TPSA) is 87.2 Å². The summed E-state index contributed by atoms with van der Waals surface area (Å²) >= 11 is 0. The van der Waals surface area contributed by atoms with Gasteiger partial charge in [0.05, 0.1) is 19.1 Å². The van der Waals surface area contributed by atoms with Crippen molar-refractivity contribution in [1.29, 1.82) is 0 Å². The zero-order valence-corrected chi connectivity index (χ0v) is 9.92. The molecule has 0 aliphatic heterocycles. The molecule has 0 aliphatic carbocycles. The van der Waals surface area contributed by atoms with E-state index < -0.39 is 10.1 Å². The standard InChI is InChI=1S/C9H11N3O4S/c1-17(13,14)16-5-9-8(2-3-15-9)4-12-7-10-6-11-12/h2-3,6-7H,4-5H2,1H3. The maximum atomic E-state index is 10.9. The highest BCUT2D eigenvalue weighted by atomic mass is 32.2. The van der Waals surface area contributed by atoms with Crippen LogP contribution in [0.15, 0.2) is 29.4 Å². The van der Waals surface area contributed by atoms with E-state index in [9.17, 15) is 8.42 Å². The van der Waals surface area contributed by atoms with E-state index in [-0.39, 0.29) is 6.61 Å². The van der Waals surface area contributed by atoms with Crippen LogP contribution in [0.25, 0.3) is 0 Å². The van der Waals surface area contributed by atoms with Crippen LogP contribution in [0.1, 0.15) is 11.3 Å². The Morgan fingerprint density at radius 2 is 2.35 bits per heavy atom. The van der Waals surface area contributed by atoms with Crippen molar-refractivity contribution in [3.8, 4) is 0 Å². The van der Waals surface area contributed by atoms with Crippen molar-refractivity contribution in [2.75, 3.05) is 6.26 Å². The molecular formula is C9H11N3O4S. The fraction of sp³-hybridized carbons (Fsp3) is 0.333. The molecule has 0 saturated carbocycles. The first-order valence-corrected chi connectivity index (χ1v) is 6.58. The predicted octanol–water partition coefficient (Wildman–Crippen LogP) is 0.396. The minimum absolute atomic E-state index is 0.115. The van der Waals surface area contributed by atoms with Crippen molar-refractivity contribution in [3.05, 3.63) is 36.3 Å². The molecule has 0 unspecified atom stereocenters. The molecule has 2 rings (SSSR count). The van der Waals surface area contributed by atoms with Crippen LogP contribution in [-0.2, 0) is 27.5 Å². The average molecular weight is 257 g/mol. The molecule has 0 saturated heterocycles. The van der Waals surface area contributed by atoms with Crippen molar-refractivity contribution in [2.24, 2.45) is 0 Å². The van der Waals surface area contributed by atoms with Crippen LogP contribution >= 0.6 is 0 Å². The fourth-order valence-electron chi connectivity index (χ4n) is 1.28. The fourth-order valence-corrected chi connectivity index (χ4v) is 1.61. The number of hydrogen-bond acceptors (Lipinski definition) is 6. The molecule has 92 valence electrons. The molecule has 0 amide bonds. The minimum Gasteiger partial charge on any atom is -0.466 e. The highest BCUT2D eigenvalue weighted by Gasteiger charge is 2.10. The first-order valence-electron chi connectivity index (χ1n) is 4.76. The van der Waals surface area contributed by atoms with Crippen molar-refractivity contribution in [2.45, 2.75) is 13.2 Å². The van der Waals surface area contributed by atoms with Crippen LogP contribution in [0, 0.1) is 0 Å². The minimum atomic E-state index is -3.47. The summed E-state index contributed by atoms with van der Waals surface area (Å²) in [5.41, 5.74) is 0.805. The number of furan rings is 1. The molecule has 0 atom stereocenters. The third-order valence-electron chi connectivity index (χ3n) is 2.04. The van der Waals surface area contributed by atoms with Gasteiger partial charge in [0, 0.05) is 5.56 Å². The third-order valence-corrected chi connectivity index (χ3v) is 2.59. The summed E-state index contributed by atoms with van der Waals surface area (Å²) in [6.07, 6.45) is 5.46. The summed E-state index contributed by atoms with van der Waals surface area (Å²) in [5, 5.41) is 3.95. The Morgan fingerprint density at radius 3 is 3.00 bits per heavy atom. The number of aromatic nitrogens is 3. The van der Waals surface area contributed by atoms with Crippen LogP contribution in [-0.4, -0.2) is 29.4 Å². The van der Waals surface area contributed by atoms with Gasteiger partial charge in [-0.3, -0.25) is 4.18 Å². The number of rotatable bonds is 5. The van der Waals surface area contributed by atoms with Gasteiger partial charge in [-0.1, -0.05) is 0 Å². The molecule has 17 heavy (non-hydrogen) atoms. The summed E-state index contributed by atoms with van der Waals surface area (Å²) < 4.78 is 33.2. The van der Waals surface area contributed by atoms with Gasteiger partial charge in [0.15, 0.2) is 0 Å². The van der Waals surface area contributed by atoms with E-state index in [1.54, 1.807) is 17.1 Å².